The lowest BCUT2D eigenvalue weighted by molar-refractivity contribution is 0.0991. The van der Waals surface area contributed by atoms with Gasteiger partial charge in [0.25, 0.3) is 0 Å². The zero-order valence-corrected chi connectivity index (χ0v) is 11.2. The van der Waals surface area contributed by atoms with Gasteiger partial charge < -0.3 is 5.73 Å². The molecule has 0 aliphatic carbocycles. The van der Waals surface area contributed by atoms with E-state index in [4.69, 9.17) is 17.3 Å². The van der Waals surface area contributed by atoms with Crippen LogP contribution >= 0.6 is 11.6 Å². The van der Waals surface area contributed by atoms with E-state index in [2.05, 4.69) is 17.9 Å². The Hall–Kier alpha value is -0.570. The van der Waals surface area contributed by atoms with Crippen molar-refractivity contribution in [2.45, 2.75) is 32.4 Å². The molecule has 2 rings (SSSR count). The first-order chi connectivity index (χ1) is 8.22. The topological polar surface area (TPSA) is 29.3 Å². The van der Waals surface area contributed by atoms with Crippen molar-refractivity contribution in [3.8, 4) is 0 Å². The second-order valence-electron chi connectivity index (χ2n) is 4.98. The van der Waals surface area contributed by atoms with Crippen molar-refractivity contribution in [1.29, 1.82) is 0 Å². The molecule has 0 bridgehead atoms. The van der Waals surface area contributed by atoms with Crippen LogP contribution in [0.1, 0.15) is 25.3 Å². The van der Waals surface area contributed by atoms with E-state index in [1.54, 1.807) is 0 Å². The smallest absolute Gasteiger partial charge is 0.0451 e. The molecule has 1 aliphatic rings. The van der Waals surface area contributed by atoms with Crippen molar-refractivity contribution in [3.63, 3.8) is 0 Å². The predicted molar refractivity (Wildman–Crippen MR) is 73.1 cm³/mol. The third kappa shape index (κ3) is 3.01. The molecule has 2 atom stereocenters. The van der Waals surface area contributed by atoms with Gasteiger partial charge in [-0.05, 0) is 36.9 Å². The molecule has 1 heterocycles. The normalized spacial score (nSPS) is 26.1. The molecular weight excluding hydrogens is 232 g/mol. The first-order valence-corrected chi connectivity index (χ1v) is 6.77. The highest BCUT2D eigenvalue weighted by molar-refractivity contribution is 6.31. The average molecular weight is 253 g/mol. The van der Waals surface area contributed by atoms with Crippen LogP contribution in [-0.4, -0.2) is 24.0 Å². The highest BCUT2D eigenvalue weighted by Crippen LogP contribution is 2.26. The molecule has 94 valence electrons. The highest BCUT2D eigenvalue weighted by atomic mass is 35.5. The monoisotopic (exact) mass is 252 g/mol. The fraction of sp³-hybridized carbons (Fsp3) is 0.571. The summed E-state index contributed by atoms with van der Waals surface area (Å²) in [6.45, 7) is 5.10. The van der Waals surface area contributed by atoms with Gasteiger partial charge in [0.15, 0.2) is 0 Å². The first-order valence-electron chi connectivity index (χ1n) is 6.40. The Bertz CT molecular complexity index is 367. The van der Waals surface area contributed by atoms with Gasteiger partial charge in [0.05, 0.1) is 0 Å². The summed E-state index contributed by atoms with van der Waals surface area (Å²) in [7, 11) is 0. The summed E-state index contributed by atoms with van der Waals surface area (Å²) in [4.78, 5) is 2.48. The van der Waals surface area contributed by atoms with Crippen LogP contribution in [0.4, 0.5) is 0 Å². The van der Waals surface area contributed by atoms with Crippen molar-refractivity contribution in [3.05, 3.63) is 34.9 Å². The molecule has 0 aromatic heterocycles. The number of nitrogens with two attached hydrogens (primary N) is 1. The summed E-state index contributed by atoms with van der Waals surface area (Å²) in [6, 6.07) is 8.59. The second kappa shape index (κ2) is 5.85. The highest BCUT2D eigenvalue weighted by Gasteiger charge is 2.27. The summed E-state index contributed by atoms with van der Waals surface area (Å²) >= 11 is 6.21. The van der Waals surface area contributed by atoms with Gasteiger partial charge >= 0.3 is 0 Å². The number of piperidine rings is 1. The molecule has 0 spiro atoms. The minimum Gasteiger partial charge on any atom is -0.329 e. The maximum absolute atomic E-state index is 6.21. The van der Waals surface area contributed by atoms with Crippen LogP contribution < -0.4 is 5.73 Å². The van der Waals surface area contributed by atoms with Crippen LogP contribution in [0.3, 0.4) is 0 Å². The summed E-state index contributed by atoms with van der Waals surface area (Å²) in [5.41, 5.74) is 7.11. The molecule has 1 saturated heterocycles. The minimum atomic E-state index is 0.500. The number of rotatable bonds is 3. The lowest BCUT2D eigenvalue weighted by Crippen LogP contribution is -2.48. The Balaban J connectivity index is 2.09. The van der Waals surface area contributed by atoms with Crippen LogP contribution in [0.25, 0.3) is 0 Å². The largest absolute Gasteiger partial charge is 0.329 e. The van der Waals surface area contributed by atoms with E-state index in [1.165, 1.54) is 18.4 Å². The standard InChI is InChI=1S/C14H21ClN2/c1-11-5-4-8-17(14(11)9-16)10-12-6-2-3-7-13(12)15/h2-3,6-7,11,14H,4-5,8-10,16H2,1H3. The summed E-state index contributed by atoms with van der Waals surface area (Å²) < 4.78 is 0. The first kappa shape index (κ1) is 12.9. The molecule has 2 unspecified atom stereocenters. The molecular formula is C14H21ClN2. The lowest BCUT2D eigenvalue weighted by atomic mass is 9.90. The van der Waals surface area contributed by atoms with E-state index in [-0.39, 0.29) is 0 Å². The molecule has 1 aromatic carbocycles. The molecule has 1 fully saturated rings. The van der Waals surface area contributed by atoms with E-state index < -0.39 is 0 Å². The minimum absolute atomic E-state index is 0.500. The summed E-state index contributed by atoms with van der Waals surface area (Å²) in [5.74, 6) is 0.691. The molecule has 2 nitrogen and oxygen atoms in total. The Morgan fingerprint density at radius 2 is 2.18 bits per heavy atom. The number of hydrogen-bond acceptors (Lipinski definition) is 2. The Morgan fingerprint density at radius 3 is 2.88 bits per heavy atom. The van der Waals surface area contributed by atoms with E-state index in [0.717, 1.165) is 24.7 Å². The van der Waals surface area contributed by atoms with Gasteiger partial charge in [0, 0.05) is 24.2 Å². The van der Waals surface area contributed by atoms with Crippen LogP contribution in [0, 0.1) is 5.92 Å². The molecule has 17 heavy (non-hydrogen) atoms. The zero-order valence-electron chi connectivity index (χ0n) is 10.4. The third-order valence-corrected chi connectivity index (χ3v) is 4.17. The summed E-state index contributed by atoms with van der Waals surface area (Å²) in [6.07, 6.45) is 2.56. The molecule has 3 heteroatoms. The number of halogens is 1. The molecule has 0 amide bonds. The molecule has 1 aliphatic heterocycles. The van der Waals surface area contributed by atoms with Gasteiger partial charge in [-0.3, -0.25) is 4.90 Å². The fourth-order valence-corrected chi connectivity index (χ4v) is 2.95. The fourth-order valence-electron chi connectivity index (χ4n) is 2.76. The van der Waals surface area contributed by atoms with Crippen molar-refractivity contribution in [2.75, 3.05) is 13.1 Å². The van der Waals surface area contributed by atoms with Crippen LogP contribution in [0.15, 0.2) is 24.3 Å². The van der Waals surface area contributed by atoms with Crippen LogP contribution in [0.2, 0.25) is 5.02 Å². The predicted octanol–water partition coefficient (Wildman–Crippen LogP) is 2.90. The maximum Gasteiger partial charge on any atom is 0.0451 e. The second-order valence-corrected chi connectivity index (χ2v) is 5.39. The molecule has 0 saturated carbocycles. The average Bonchev–Trinajstić information content (AvgIpc) is 2.32. The Kier molecular flexibility index (Phi) is 4.43. The van der Waals surface area contributed by atoms with Crippen molar-refractivity contribution < 1.29 is 0 Å². The van der Waals surface area contributed by atoms with Crippen molar-refractivity contribution in [2.24, 2.45) is 11.7 Å². The van der Waals surface area contributed by atoms with Crippen molar-refractivity contribution >= 4 is 11.6 Å². The molecule has 2 N–H and O–H groups in total. The quantitative estimate of drug-likeness (QED) is 0.896. The van der Waals surface area contributed by atoms with Gasteiger partial charge in [-0.15, -0.1) is 0 Å². The van der Waals surface area contributed by atoms with E-state index in [0.29, 0.717) is 12.0 Å². The molecule has 1 aromatic rings. The Morgan fingerprint density at radius 1 is 1.41 bits per heavy atom. The summed E-state index contributed by atoms with van der Waals surface area (Å²) in [5, 5.41) is 0.862. The van der Waals surface area contributed by atoms with Crippen molar-refractivity contribution in [1.82, 2.24) is 4.90 Å². The Labute approximate surface area is 109 Å². The zero-order chi connectivity index (χ0) is 12.3. The van der Waals surface area contributed by atoms with Gasteiger partial charge in [0.2, 0.25) is 0 Å². The third-order valence-electron chi connectivity index (χ3n) is 3.80. The number of benzene rings is 1. The van der Waals surface area contributed by atoms with E-state index in [9.17, 15) is 0 Å². The van der Waals surface area contributed by atoms with Gasteiger partial charge in [-0.2, -0.15) is 0 Å². The van der Waals surface area contributed by atoms with E-state index >= 15 is 0 Å². The van der Waals surface area contributed by atoms with Gasteiger partial charge in [-0.1, -0.05) is 36.7 Å². The van der Waals surface area contributed by atoms with Gasteiger partial charge in [0.1, 0.15) is 0 Å². The number of hydrogen-bond donors (Lipinski definition) is 1. The molecule has 0 radical (unpaired) electrons. The van der Waals surface area contributed by atoms with Crippen LogP contribution in [0.5, 0.6) is 0 Å². The SMILES string of the molecule is CC1CCCN(Cc2ccccc2Cl)C1CN. The lowest BCUT2D eigenvalue weighted by Gasteiger charge is -2.39. The maximum atomic E-state index is 6.21. The number of likely N-dealkylation sites (tertiary alicyclic amines) is 1. The van der Waals surface area contributed by atoms with Gasteiger partial charge in [-0.25, -0.2) is 0 Å². The van der Waals surface area contributed by atoms with E-state index in [1.807, 2.05) is 18.2 Å². The number of nitrogens with zero attached hydrogens (tertiary/aromatic N) is 1. The van der Waals surface area contributed by atoms with Crippen LogP contribution in [-0.2, 0) is 6.54 Å².